The monoisotopic (exact) mass is 184 g/mol. The van der Waals surface area contributed by atoms with Crippen molar-refractivity contribution in [3.63, 3.8) is 0 Å². The molecule has 0 atom stereocenters. The number of imidazole rings is 1. The standard InChI is InChI=1S/C12H12N2/c1-10(12-8-13-9-14-12)7-11-5-3-2-4-6-11/h2-9H,1H3,(H,13,14)/b10-7-. The smallest absolute Gasteiger partial charge is 0.0924 e. The first-order valence-electron chi connectivity index (χ1n) is 4.58. The molecule has 1 heterocycles. The Kier molecular flexibility index (Phi) is 2.45. The van der Waals surface area contributed by atoms with Crippen molar-refractivity contribution in [1.82, 2.24) is 9.97 Å². The molecule has 0 fully saturated rings. The van der Waals surface area contributed by atoms with Crippen molar-refractivity contribution in [3.05, 3.63) is 54.1 Å². The average Bonchev–Trinajstić information content (AvgIpc) is 2.72. The normalized spacial score (nSPS) is 11.6. The molecule has 0 aliphatic rings. The molecule has 2 aromatic rings. The molecule has 14 heavy (non-hydrogen) atoms. The highest BCUT2D eigenvalue weighted by molar-refractivity contribution is 5.78. The minimum Gasteiger partial charge on any atom is -0.345 e. The first-order valence-corrected chi connectivity index (χ1v) is 4.58. The summed E-state index contributed by atoms with van der Waals surface area (Å²) in [4.78, 5) is 7.07. The van der Waals surface area contributed by atoms with Crippen LogP contribution in [0.1, 0.15) is 18.2 Å². The lowest BCUT2D eigenvalue weighted by Crippen LogP contribution is -1.78. The van der Waals surface area contributed by atoms with E-state index in [9.17, 15) is 0 Å². The van der Waals surface area contributed by atoms with Gasteiger partial charge in [0.05, 0.1) is 18.2 Å². The van der Waals surface area contributed by atoms with Gasteiger partial charge in [-0.1, -0.05) is 30.3 Å². The second-order valence-corrected chi connectivity index (χ2v) is 3.20. The van der Waals surface area contributed by atoms with Gasteiger partial charge in [-0.2, -0.15) is 0 Å². The van der Waals surface area contributed by atoms with Crippen LogP contribution in [0.4, 0.5) is 0 Å². The number of hydrogen-bond acceptors (Lipinski definition) is 1. The third-order valence-corrected chi connectivity index (χ3v) is 2.11. The van der Waals surface area contributed by atoms with Crippen molar-refractivity contribution >= 4 is 11.6 Å². The molecular weight excluding hydrogens is 172 g/mol. The Morgan fingerprint density at radius 3 is 2.71 bits per heavy atom. The maximum absolute atomic E-state index is 3.99. The summed E-state index contributed by atoms with van der Waals surface area (Å²) in [5, 5.41) is 0. The van der Waals surface area contributed by atoms with E-state index in [1.165, 1.54) is 11.1 Å². The number of aromatic amines is 1. The van der Waals surface area contributed by atoms with Gasteiger partial charge < -0.3 is 4.98 Å². The van der Waals surface area contributed by atoms with Crippen LogP contribution in [-0.4, -0.2) is 9.97 Å². The highest BCUT2D eigenvalue weighted by Crippen LogP contribution is 2.14. The first-order chi connectivity index (χ1) is 6.86. The molecule has 70 valence electrons. The molecule has 0 unspecified atom stereocenters. The summed E-state index contributed by atoms with van der Waals surface area (Å²) in [5.74, 6) is 0. The molecular formula is C12H12N2. The third kappa shape index (κ3) is 1.91. The summed E-state index contributed by atoms with van der Waals surface area (Å²) < 4.78 is 0. The Labute approximate surface area is 83.3 Å². The van der Waals surface area contributed by atoms with Crippen molar-refractivity contribution in [1.29, 1.82) is 0 Å². The lowest BCUT2D eigenvalue weighted by atomic mass is 10.1. The van der Waals surface area contributed by atoms with Crippen LogP contribution in [0.3, 0.4) is 0 Å². The van der Waals surface area contributed by atoms with E-state index >= 15 is 0 Å². The van der Waals surface area contributed by atoms with Gasteiger partial charge in [-0.15, -0.1) is 0 Å². The molecule has 0 aliphatic carbocycles. The Bertz CT molecular complexity index is 413. The quantitative estimate of drug-likeness (QED) is 0.763. The summed E-state index contributed by atoms with van der Waals surface area (Å²) >= 11 is 0. The van der Waals surface area contributed by atoms with Crippen molar-refractivity contribution < 1.29 is 0 Å². The Hall–Kier alpha value is -1.83. The zero-order valence-corrected chi connectivity index (χ0v) is 8.07. The number of rotatable bonds is 2. The molecule has 0 spiro atoms. The van der Waals surface area contributed by atoms with Crippen LogP contribution in [0.25, 0.3) is 11.6 Å². The zero-order chi connectivity index (χ0) is 9.80. The number of benzene rings is 1. The van der Waals surface area contributed by atoms with Gasteiger partial charge in [-0.05, 0) is 24.1 Å². The van der Waals surface area contributed by atoms with Crippen LogP contribution in [0.2, 0.25) is 0 Å². The number of aromatic nitrogens is 2. The van der Waals surface area contributed by atoms with E-state index in [0.29, 0.717) is 0 Å². The summed E-state index contributed by atoms with van der Waals surface area (Å²) in [7, 11) is 0. The lowest BCUT2D eigenvalue weighted by molar-refractivity contribution is 1.30. The maximum atomic E-state index is 3.99. The summed E-state index contributed by atoms with van der Waals surface area (Å²) in [6, 6.07) is 10.3. The molecule has 0 bridgehead atoms. The van der Waals surface area contributed by atoms with Gasteiger partial charge in [0, 0.05) is 0 Å². The van der Waals surface area contributed by atoms with Crippen LogP contribution in [-0.2, 0) is 0 Å². The zero-order valence-electron chi connectivity index (χ0n) is 8.07. The van der Waals surface area contributed by atoms with Gasteiger partial charge in [0.15, 0.2) is 0 Å². The van der Waals surface area contributed by atoms with Gasteiger partial charge in [-0.3, -0.25) is 0 Å². The van der Waals surface area contributed by atoms with Crippen LogP contribution < -0.4 is 0 Å². The highest BCUT2D eigenvalue weighted by atomic mass is 14.9. The molecule has 0 saturated heterocycles. The van der Waals surface area contributed by atoms with Crippen LogP contribution in [0.15, 0.2) is 42.9 Å². The molecule has 0 aliphatic heterocycles. The number of H-pyrrole nitrogens is 1. The highest BCUT2D eigenvalue weighted by Gasteiger charge is 1.95. The summed E-state index contributed by atoms with van der Waals surface area (Å²) in [6.07, 6.45) is 5.65. The second kappa shape index (κ2) is 3.92. The van der Waals surface area contributed by atoms with Crippen LogP contribution in [0.5, 0.6) is 0 Å². The number of nitrogens with zero attached hydrogens (tertiary/aromatic N) is 1. The van der Waals surface area contributed by atoms with E-state index in [2.05, 4.69) is 35.1 Å². The molecule has 0 saturated carbocycles. The van der Waals surface area contributed by atoms with Gasteiger partial charge in [0.2, 0.25) is 0 Å². The van der Waals surface area contributed by atoms with Gasteiger partial charge in [0.25, 0.3) is 0 Å². The Balaban J connectivity index is 2.28. The number of hydrogen-bond donors (Lipinski definition) is 1. The van der Waals surface area contributed by atoms with Crippen molar-refractivity contribution in [3.8, 4) is 0 Å². The summed E-state index contributed by atoms with van der Waals surface area (Å²) in [6.45, 7) is 2.07. The Morgan fingerprint density at radius 1 is 1.29 bits per heavy atom. The van der Waals surface area contributed by atoms with E-state index in [0.717, 1.165) is 5.69 Å². The predicted molar refractivity (Wildman–Crippen MR) is 58.6 cm³/mol. The maximum Gasteiger partial charge on any atom is 0.0924 e. The molecule has 0 radical (unpaired) electrons. The minimum atomic E-state index is 1.06. The number of allylic oxidation sites excluding steroid dienone is 1. The molecule has 1 aromatic heterocycles. The Morgan fingerprint density at radius 2 is 2.07 bits per heavy atom. The first kappa shape index (κ1) is 8.75. The van der Waals surface area contributed by atoms with E-state index in [1.807, 2.05) is 24.4 Å². The van der Waals surface area contributed by atoms with Gasteiger partial charge >= 0.3 is 0 Å². The fourth-order valence-electron chi connectivity index (χ4n) is 1.35. The van der Waals surface area contributed by atoms with E-state index in [-0.39, 0.29) is 0 Å². The average molecular weight is 184 g/mol. The summed E-state index contributed by atoms with van der Waals surface area (Å²) in [5.41, 5.74) is 3.46. The molecule has 2 rings (SSSR count). The number of nitrogens with one attached hydrogen (secondary N) is 1. The van der Waals surface area contributed by atoms with Gasteiger partial charge in [0.1, 0.15) is 0 Å². The molecule has 2 nitrogen and oxygen atoms in total. The molecule has 1 aromatic carbocycles. The topological polar surface area (TPSA) is 28.7 Å². The largest absolute Gasteiger partial charge is 0.345 e. The molecule has 0 amide bonds. The second-order valence-electron chi connectivity index (χ2n) is 3.20. The van der Waals surface area contributed by atoms with E-state index in [4.69, 9.17) is 0 Å². The third-order valence-electron chi connectivity index (χ3n) is 2.11. The van der Waals surface area contributed by atoms with E-state index in [1.54, 1.807) is 6.33 Å². The molecule has 1 N–H and O–H groups in total. The van der Waals surface area contributed by atoms with Gasteiger partial charge in [-0.25, -0.2) is 4.98 Å². The van der Waals surface area contributed by atoms with Crippen LogP contribution in [0, 0.1) is 0 Å². The van der Waals surface area contributed by atoms with Crippen molar-refractivity contribution in [2.75, 3.05) is 0 Å². The van der Waals surface area contributed by atoms with E-state index < -0.39 is 0 Å². The van der Waals surface area contributed by atoms with Crippen molar-refractivity contribution in [2.45, 2.75) is 6.92 Å². The van der Waals surface area contributed by atoms with Crippen molar-refractivity contribution in [2.24, 2.45) is 0 Å². The SMILES string of the molecule is C/C(=C/c1ccccc1)c1cnc[nH]1. The lowest BCUT2D eigenvalue weighted by Gasteiger charge is -1.97. The molecule has 2 heteroatoms. The van der Waals surface area contributed by atoms with Crippen LogP contribution >= 0.6 is 0 Å². The minimum absolute atomic E-state index is 1.06. The predicted octanol–water partition coefficient (Wildman–Crippen LogP) is 2.97. The fourth-order valence-corrected chi connectivity index (χ4v) is 1.35. The fraction of sp³-hybridized carbons (Fsp3) is 0.0833.